The van der Waals surface area contributed by atoms with E-state index in [-0.39, 0.29) is 20.4 Å². The first-order chi connectivity index (χ1) is 19.3. The Morgan fingerprint density at radius 1 is 0.902 bits per heavy atom. The third-order valence-corrected chi connectivity index (χ3v) is 5.85. The van der Waals surface area contributed by atoms with Crippen molar-refractivity contribution < 1.29 is 29.6 Å². The fourth-order valence-corrected chi connectivity index (χ4v) is 4.32. The third-order valence-electron chi connectivity index (χ3n) is 5.85. The number of ether oxygens (including phenoxy) is 3. The van der Waals surface area contributed by atoms with Crippen molar-refractivity contribution in [3.63, 3.8) is 0 Å². The molecule has 0 aliphatic rings. The number of rotatable bonds is 8. The Morgan fingerprint density at radius 2 is 1.63 bits per heavy atom. The van der Waals surface area contributed by atoms with Crippen LogP contribution in [0.15, 0.2) is 65.1 Å². The number of para-hydroxylation sites is 1. The van der Waals surface area contributed by atoms with Crippen molar-refractivity contribution in [2.24, 2.45) is 0 Å². The zero-order valence-corrected chi connectivity index (χ0v) is 24.8. The van der Waals surface area contributed by atoms with Crippen molar-refractivity contribution in [1.82, 2.24) is 10.3 Å². The highest BCUT2D eigenvalue weighted by atomic mass is 16.6. The van der Waals surface area contributed by atoms with Gasteiger partial charge in [-0.2, -0.15) is 0 Å². The zero-order chi connectivity index (χ0) is 29.8. The number of hydrogen-bond acceptors (Lipinski definition) is 7. The van der Waals surface area contributed by atoms with Gasteiger partial charge in [-0.1, -0.05) is 36.4 Å². The van der Waals surface area contributed by atoms with Crippen LogP contribution >= 0.6 is 0 Å². The predicted octanol–water partition coefficient (Wildman–Crippen LogP) is 7.54. The van der Waals surface area contributed by atoms with Crippen molar-refractivity contribution in [2.75, 3.05) is 0 Å². The highest BCUT2D eigenvalue weighted by Crippen LogP contribution is 2.32. The number of benzene rings is 3. The maximum atomic E-state index is 12.5. The summed E-state index contributed by atoms with van der Waals surface area (Å²) in [7, 11) is 0. The lowest BCUT2D eigenvalue weighted by atomic mass is 10.00. The van der Waals surface area contributed by atoms with Gasteiger partial charge >= 0.3 is 12.1 Å². The molecule has 0 fully saturated rings. The van der Waals surface area contributed by atoms with Crippen molar-refractivity contribution in [2.45, 2.75) is 79.2 Å². The SMILES string of the molecule is Cc1nc2cc(COc3ccccc3CC(=O)OC(C)(C)C)cc(-c3cccc(CNC(=O)OC(C)(C)C)c3)c2o1.[HH]. The Labute approximate surface area is 242 Å². The summed E-state index contributed by atoms with van der Waals surface area (Å²) >= 11 is 0. The maximum Gasteiger partial charge on any atom is 0.407 e. The number of nitrogens with one attached hydrogen (secondary N) is 1. The quantitative estimate of drug-likeness (QED) is 0.222. The van der Waals surface area contributed by atoms with Crippen LogP contribution in [-0.2, 0) is 33.8 Å². The van der Waals surface area contributed by atoms with Crippen molar-refractivity contribution in [3.8, 4) is 16.9 Å². The maximum absolute atomic E-state index is 12.5. The zero-order valence-electron chi connectivity index (χ0n) is 24.8. The second kappa shape index (κ2) is 12.0. The molecule has 1 N–H and O–H groups in total. The van der Waals surface area contributed by atoms with Crippen LogP contribution in [0.5, 0.6) is 5.75 Å². The van der Waals surface area contributed by atoms with E-state index < -0.39 is 17.3 Å². The standard InChI is InChI=1S/C33H38N2O6.H2/c1-21-35-27-17-23(20-38-28-14-9-8-12-25(28)18-29(36)40-32(2,3)4)16-26(30(27)39-21)24-13-10-11-22(15-24)19-34-31(37)41-33(5,6)7;/h8-17H,18-20H2,1-7H3,(H,34,37);1H. The van der Waals surface area contributed by atoms with Gasteiger partial charge < -0.3 is 23.9 Å². The molecule has 1 amide bonds. The molecule has 0 spiro atoms. The topological polar surface area (TPSA) is 99.9 Å². The number of hydrogen-bond donors (Lipinski definition) is 1. The number of nitrogens with zero attached hydrogens (tertiary/aromatic N) is 1. The molecule has 3 aromatic carbocycles. The van der Waals surface area contributed by atoms with Gasteiger partial charge in [0.05, 0.1) is 6.42 Å². The van der Waals surface area contributed by atoms with E-state index in [2.05, 4.69) is 10.3 Å². The summed E-state index contributed by atoms with van der Waals surface area (Å²) in [5, 5.41) is 2.81. The Balaban J connectivity index is 0.00000484. The van der Waals surface area contributed by atoms with Crippen LogP contribution in [0.2, 0.25) is 0 Å². The molecule has 0 radical (unpaired) electrons. The fraction of sp³-hybridized carbons (Fsp3) is 0.364. The largest absolute Gasteiger partial charge is 0.489 e. The van der Waals surface area contributed by atoms with Crippen LogP contribution in [-0.4, -0.2) is 28.2 Å². The number of esters is 1. The van der Waals surface area contributed by atoms with Gasteiger partial charge in [0.2, 0.25) is 0 Å². The van der Waals surface area contributed by atoms with Crippen LogP contribution in [0.4, 0.5) is 4.79 Å². The van der Waals surface area contributed by atoms with Crippen LogP contribution in [0.1, 0.15) is 65.6 Å². The summed E-state index contributed by atoms with van der Waals surface area (Å²) in [6.45, 7) is 13.4. The number of aromatic nitrogens is 1. The molecule has 0 aliphatic heterocycles. The van der Waals surface area contributed by atoms with Gasteiger partial charge in [-0.25, -0.2) is 9.78 Å². The lowest BCUT2D eigenvalue weighted by Crippen LogP contribution is -2.32. The summed E-state index contributed by atoms with van der Waals surface area (Å²) in [6.07, 6.45) is -0.355. The van der Waals surface area contributed by atoms with E-state index in [1.54, 1.807) is 0 Å². The monoisotopic (exact) mass is 560 g/mol. The first-order valence-electron chi connectivity index (χ1n) is 13.6. The number of carbonyl (C=O) groups excluding carboxylic acids is 2. The minimum absolute atomic E-state index is 0. The van der Waals surface area contributed by atoms with Gasteiger partial charge in [0.25, 0.3) is 0 Å². The molecule has 0 aliphatic carbocycles. The highest BCUT2D eigenvalue weighted by Gasteiger charge is 2.19. The van der Waals surface area contributed by atoms with Gasteiger partial charge in [0, 0.05) is 26.0 Å². The summed E-state index contributed by atoms with van der Waals surface area (Å²) in [6, 6.07) is 19.3. The first kappa shape index (κ1) is 29.6. The second-order valence-corrected chi connectivity index (χ2v) is 11.9. The number of oxazole rings is 1. The minimum atomic E-state index is -0.569. The Kier molecular flexibility index (Phi) is 8.71. The van der Waals surface area contributed by atoms with Crippen LogP contribution < -0.4 is 10.1 Å². The lowest BCUT2D eigenvalue weighted by Gasteiger charge is -2.20. The first-order valence-corrected chi connectivity index (χ1v) is 13.6. The van der Waals surface area contributed by atoms with E-state index in [1.807, 2.05) is 109 Å². The second-order valence-electron chi connectivity index (χ2n) is 11.9. The van der Waals surface area contributed by atoms with E-state index in [1.165, 1.54) is 0 Å². The molecule has 0 bridgehead atoms. The number of alkyl carbamates (subject to hydrolysis) is 1. The predicted molar refractivity (Wildman–Crippen MR) is 160 cm³/mol. The van der Waals surface area contributed by atoms with Crippen molar-refractivity contribution in [1.29, 1.82) is 0 Å². The Bertz CT molecular complexity index is 1550. The van der Waals surface area contributed by atoms with Crippen LogP contribution in [0.3, 0.4) is 0 Å². The van der Waals surface area contributed by atoms with Gasteiger partial charge in [-0.05, 0) is 82.5 Å². The van der Waals surface area contributed by atoms with Crippen LogP contribution in [0.25, 0.3) is 22.2 Å². The highest BCUT2D eigenvalue weighted by molar-refractivity contribution is 5.91. The summed E-state index contributed by atoms with van der Waals surface area (Å²) in [5.74, 6) is 0.868. The molecule has 218 valence electrons. The smallest absolute Gasteiger partial charge is 0.407 e. The molecule has 0 saturated heterocycles. The molecule has 4 aromatic rings. The molecule has 1 heterocycles. The Morgan fingerprint density at radius 3 is 2.37 bits per heavy atom. The van der Waals surface area contributed by atoms with E-state index in [0.29, 0.717) is 23.8 Å². The number of fused-ring (bicyclic) bond motifs is 1. The van der Waals surface area contributed by atoms with E-state index >= 15 is 0 Å². The van der Waals surface area contributed by atoms with E-state index in [9.17, 15) is 9.59 Å². The molecule has 8 heteroatoms. The minimum Gasteiger partial charge on any atom is -0.489 e. The number of carbonyl (C=O) groups is 2. The molecular weight excluding hydrogens is 520 g/mol. The average Bonchev–Trinajstić information content (AvgIpc) is 3.24. The molecule has 1 aromatic heterocycles. The molecular formula is C33H40N2O6. The normalized spacial score (nSPS) is 11.8. The molecule has 4 rings (SSSR count). The number of amides is 1. The Hall–Kier alpha value is -4.33. The summed E-state index contributed by atoms with van der Waals surface area (Å²) in [5.41, 5.74) is 4.61. The molecule has 41 heavy (non-hydrogen) atoms. The third kappa shape index (κ3) is 8.58. The van der Waals surface area contributed by atoms with Gasteiger partial charge in [0.15, 0.2) is 11.5 Å². The van der Waals surface area contributed by atoms with E-state index in [4.69, 9.17) is 18.6 Å². The fourth-order valence-electron chi connectivity index (χ4n) is 4.32. The summed E-state index contributed by atoms with van der Waals surface area (Å²) in [4.78, 5) is 29.2. The summed E-state index contributed by atoms with van der Waals surface area (Å²) < 4.78 is 23.0. The molecule has 0 saturated carbocycles. The average molecular weight is 561 g/mol. The number of aryl methyl sites for hydroxylation is 1. The molecule has 0 atom stereocenters. The van der Waals surface area contributed by atoms with E-state index in [0.717, 1.165) is 33.3 Å². The van der Waals surface area contributed by atoms with Crippen molar-refractivity contribution >= 4 is 23.2 Å². The van der Waals surface area contributed by atoms with Crippen molar-refractivity contribution in [3.05, 3.63) is 83.2 Å². The lowest BCUT2D eigenvalue weighted by molar-refractivity contribution is -0.153. The molecule has 0 unspecified atom stereocenters. The van der Waals surface area contributed by atoms with Gasteiger partial charge in [-0.3, -0.25) is 4.79 Å². The van der Waals surface area contributed by atoms with Crippen LogP contribution in [0, 0.1) is 6.92 Å². The van der Waals surface area contributed by atoms with Gasteiger partial charge in [-0.15, -0.1) is 0 Å². The molecule has 8 nitrogen and oxygen atoms in total. The van der Waals surface area contributed by atoms with Gasteiger partial charge in [0.1, 0.15) is 29.1 Å².